The van der Waals surface area contributed by atoms with Crippen LogP contribution >= 0.6 is 0 Å². The summed E-state index contributed by atoms with van der Waals surface area (Å²) in [5, 5.41) is 3.73. The first-order valence-electron chi connectivity index (χ1n) is 6.62. The average Bonchev–Trinajstić information content (AvgIpc) is 2.37. The number of hydrogen-bond acceptors (Lipinski definition) is 5. The molecule has 0 radical (unpaired) electrons. The summed E-state index contributed by atoms with van der Waals surface area (Å²) in [4.78, 5) is 33.3. The molecule has 0 aliphatic carbocycles. The third-order valence-electron chi connectivity index (χ3n) is 2.89. The predicted molar refractivity (Wildman–Crippen MR) is 75.6 cm³/mol. The lowest BCUT2D eigenvalue weighted by atomic mass is 10.0. The first-order chi connectivity index (χ1) is 9.81. The summed E-state index contributed by atoms with van der Waals surface area (Å²) in [5.74, 6) is -0.345. The van der Waals surface area contributed by atoms with Gasteiger partial charge in [-0.2, -0.15) is 5.06 Å². The molecule has 1 N–H and O–H groups in total. The molecule has 0 fully saturated rings. The molecule has 21 heavy (non-hydrogen) atoms. The molecule has 0 saturated carbocycles. The van der Waals surface area contributed by atoms with Gasteiger partial charge >= 0.3 is 6.09 Å². The van der Waals surface area contributed by atoms with Crippen LogP contribution in [0.15, 0.2) is 18.5 Å². The Kier molecular flexibility index (Phi) is 4.13. The summed E-state index contributed by atoms with van der Waals surface area (Å²) >= 11 is 0. The highest BCUT2D eigenvalue weighted by Crippen LogP contribution is 2.27. The third kappa shape index (κ3) is 3.49. The number of pyridine rings is 1. The van der Waals surface area contributed by atoms with E-state index < -0.39 is 17.7 Å². The number of hydrogen-bond donors (Lipinski definition) is 1. The number of carbonyl (C=O) groups excluding carboxylic acids is 2. The number of hydroxylamine groups is 1. The van der Waals surface area contributed by atoms with E-state index >= 15 is 0 Å². The first-order valence-corrected chi connectivity index (χ1v) is 6.62. The van der Waals surface area contributed by atoms with Crippen LogP contribution in [0.25, 0.3) is 0 Å². The lowest BCUT2D eigenvalue weighted by molar-refractivity contribution is -0.127. The smallest absolute Gasteiger partial charge is 0.408 e. The zero-order chi connectivity index (χ0) is 15.6. The highest BCUT2D eigenvalue weighted by Gasteiger charge is 2.35. The van der Waals surface area contributed by atoms with Gasteiger partial charge in [0.2, 0.25) is 0 Å². The zero-order valence-corrected chi connectivity index (χ0v) is 12.5. The minimum absolute atomic E-state index is 0.345. The van der Waals surface area contributed by atoms with E-state index in [4.69, 9.17) is 9.57 Å². The molecule has 1 aromatic heterocycles. The maximum atomic E-state index is 12.3. The number of nitrogens with one attached hydrogen (secondary N) is 1. The molecule has 7 nitrogen and oxygen atoms in total. The number of rotatable bonds is 2. The molecule has 0 aromatic carbocycles. The van der Waals surface area contributed by atoms with Gasteiger partial charge in [0.1, 0.15) is 11.6 Å². The van der Waals surface area contributed by atoms with Gasteiger partial charge in [0.05, 0.1) is 12.8 Å². The van der Waals surface area contributed by atoms with Crippen molar-refractivity contribution >= 4 is 17.7 Å². The van der Waals surface area contributed by atoms with E-state index in [9.17, 15) is 9.59 Å². The molecule has 1 aliphatic heterocycles. The monoisotopic (exact) mass is 293 g/mol. The van der Waals surface area contributed by atoms with Crippen LogP contribution in [0.3, 0.4) is 0 Å². The second kappa shape index (κ2) is 5.69. The van der Waals surface area contributed by atoms with Gasteiger partial charge in [-0.1, -0.05) is 0 Å². The van der Waals surface area contributed by atoms with E-state index in [-0.39, 0.29) is 5.91 Å². The number of fused-ring (bicyclic) bond motifs is 1. The maximum absolute atomic E-state index is 12.3. The highest BCUT2D eigenvalue weighted by molar-refractivity contribution is 5.99. The van der Waals surface area contributed by atoms with Crippen molar-refractivity contribution in [2.24, 2.45) is 0 Å². The van der Waals surface area contributed by atoms with E-state index in [2.05, 4.69) is 10.3 Å². The Morgan fingerprint density at radius 2 is 2.19 bits per heavy atom. The summed E-state index contributed by atoms with van der Waals surface area (Å²) in [5.41, 5.74) is 0.835. The van der Waals surface area contributed by atoms with E-state index in [1.807, 2.05) is 0 Å². The number of anilines is 1. The second-order valence-electron chi connectivity index (χ2n) is 5.72. The van der Waals surface area contributed by atoms with E-state index in [0.717, 1.165) is 10.6 Å². The Balaban J connectivity index is 2.16. The fourth-order valence-electron chi connectivity index (χ4n) is 2.09. The van der Waals surface area contributed by atoms with Gasteiger partial charge in [0, 0.05) is 18.8 Å². The number of carbonyl (C=O) groups is 2. The summed E-state index contributed by atoms with van der Waals surface area (Å²) in [6.45, 7) is 5.28. The predicted octanol–water partition coefficient (Wildman–Crippen LogP) is 1.43. The average molecular weight is 293 g/mol. The third-order valence-corrected chi connectivity index (χ3v) is 2.89. The maximum Gasteiger partial charge on any atom is 0.408 e. The molecule has 2 heterocycles. The molecule has 2 rings (SSSR count). The van der Waals surface area contributed by atoms with Gasteiger partial charge in [-0.3, -0.25) is 14.6 Å². The van der Waals surface area contributed by atoms with E-state index in [0.29, 0.717) is 12.1 Å². The summed E-state index contributed by atoms with van der Waals surface area (Å²) in [6.07, 6.45) is 2.95. The number of amides is 2. The minimum Gasteiger partial charge on any atom is -0.444 e. The van der Waals surface area contributed by atoms with Crippen molar-refractivity contribution in [3.8, 4) is 0 Å². The molecule has 1 aliphatic rings. The number of ether oxygens (including phenoxy) is 1. The van der Waals surface area contributed by atoms with Crippen molar-refractivity contribution in [3.63, 3.8) is 0 Å². The molecule has 114 valence electrons. The summed E-state index contributed by atoms with van der Waals surface area (Å²) < 4.78 is 5.17. The van der Waals surface area contributed by atoms with Crippen molar-refractivity contribution in [3.05, 3.63) is 24.0 Å². The Morgan fingerprint density at radius 3 is 2.81 bits per heavy atom. The van der Waals surface area contributed by atoms with Gasteiger partial charge < -0.3 is 10.1 Å². The standard InChI is InChI=1S/C14H19N3O4/c1-14(2,3)21-13(19)16-10-7-9-8-15-6-5-11(9)17(20-4)12(10)18/h5-6,8,10H,7H2,1-4H3,(H,16,19)/t10-/m0/s1. The van der Waals surface area contributed by atoms with Crippen LogP contribution in [-0.4, -0.2) is 35.7 Å². The molecule has 7 heteroatoms. The number of nitrogens with zero attached hydrogens (tertiary/aromatic N) is 2. The normalized spacial score (nSPS) is 18.2. The molecular formula is C14H19N3O4. The van der Waals surface area contributed by atoms with E-state index in [1.54, 1.807) is 39.2 Å². The first kappa shape index (κ1) is 15.2. The second-order valence-corrected chi connectivity index (χ2v) is 5.72. The van der Waals surface area contributed by atoms with Crippen molar-refractivity contribution in [2.45, 2.75) is 38.8 Å². The molecule has 0 bridgehead atoms. The van der Waals surface area contributed by atoms with Gasteiger partial charge in [0.15, 0.2) is 0 Å². The Bertz CT molecular complexity index is 553. The molecule has 0 saturated heterocycles. The van der Waals surface area contributed by atoms with E-state index in [1.165, 1.54) is 7.11 Å². The Labute approximate surface area is 123 Å². The van der Waals surface area contributed by atoms with Crippen LogP contribution < -0.4 is 10.4 Å². The Morgan fingerprint density at radius 1 is 1.48 bits per heavy atom. The number of aromatic nitrogens is 1. The zero-order valence-electron chi connectivity index (χ0n) is 12.5. The summed E-state index contributed by atoms with van der Waals surface area (Å²) in [7, 11) is 1.40. The van der Waals surface area contributed by atoms with Crippen LogP contribution in [0.2, 0.25) is 0 Å². The van der Waals surface area contributed by atoms with Crippen molar-refractivity contribution in [1.29, 1.82) is 0 Å². The molecule has 0 spiro atoms. The topological polar surface area (TPSA) is 80.8 Å². The highest BCUT2D eigenvalue weighted by atomic mass is 16.7. The molecular weight excluding hydrogens is 274 g/mol. The van der Waals surface area contributed by atoms with Gasteiger partial charge in [0.25, 0.3) is 5.91 Å². The van der Waals surface area contributed by atoms with Crippen LogP contribution in [0, 0.1) is 0 Å². The summed E-state index contributed by atoms with van der Waals surface area (Å²) in [6, 6.07) is 0.956. The fourth-order valence-corrected chi connectivity index (χ4v) is 2.09. The Hall–Kier alpha value is -2.15. The van der Waals surface area contributed by atoms with Crippen molar-refractivity contribution in [2.75, 3.05) is 12.2 Å². The minimum atomic E-state index is -0.739. The lowest BCUT2D eigenvalue weighted by Crippen LogP contribution is -2.53. The molecule has 0 unspecified atom stereocenters. The fraction of sp³-hybridized carbons (Fsp3) is 0.500. The quantitative estimate of drug-likeness (QED) is 0.892. The van der Waals surface area contributed by atoms with Gasteiger partial charge in [-0.05, 0) is 32.4 Å². The number of alkyl carbamates (subject to hydrolysis) is 1. The molecule has 1 aromatic rings. The van der Waals surface area contributed by atoms with Crippen LogP contribution in [-0.2, 0) is 20.8 Å². The SMILES string of the molecule is CON1C(=O)[C@@H](NC(=O)OC(C)(C)C)Cc2cnccc21. The van der Waals surface area contributed by atoms with Crippen molar-refractivity contribution < 1.29 is 19.2 Å². The van der Waals surface area contributed by atoms with Crippen LogP contribution in [0.5, 0.6) is 0 Å². The van der Waals surface area contributed by atoms with Crippen LogP contribution in [0.1, 0.15) is 26.3 Å². The van der Waals surface area contributed by atoms with Crippen molar-refractivity contribution in [1.82, 2.24) is 10.3 Å². The van der Waals surface area contributed by atoms with Crippen LogP contribution in [0.4, 0.5) is 10.5 Å². The molecule has 1 atom stereocenters. The molecule has 2 amide bonds. The van der Waals surface area contributed by atoms with Gasteiger partial charge in [-0.15, -0.1) is 0 Å². The lowest BCUT2D eigenvalue weighted by Gasteiger charge is -2.32. The van der Waals surface area contributed by atoms with Gasteiger partial charge in [-0.25, -0.2) is 4.79 Å². The largest absolute Gasteiger partial charge is 0.444 e.